The average molecular weight is 296 g/mol. The second kappa shape index (κ2) is 8.23. The van der Waals surface area contributed by atoms with Gasteiger partial charge < -0.3 is 10.2 Å². The van der Waals surface area contributed by atoms with Gasteiger partial charge in [0.05, 0.1) is 0 Å². The smallest absolute Gasteiger partial charge is 0.224 e. The molecular weight excluding hydrogens is 272 g/mol. The van der Waals surface area contributed by atoms with Gasteiger partial charge in [0, 0.05) is 30.9 Å². The maximum absolute atomic E-state index is 12.0. The molecular formula is C19H24N2O. The Morgan fingerprint density at radius 2 is 1.59 bits per heavy atom. The van der Waals surface area contributed by atoms with Crippen molar-refractivity contribution in [3.05, 3.63) is 60.2 Å². The zero-order valence-corrected chi connectivity index (χ0v) is 13.4. The summed E-state index contributed by atoms with van der Waals surface area (Å²) in [4.78, 5) is 14.3. The number of hydrogen-bond donors (Lipinski definition) is 1. The molecule has 0 atom stereocenters. The number of rotatable bonds is 7. The number of nitrogens with one attached hydrogen (secondary N) is 1. The number of aryl methyl sites for hydroxylation is 1. The lowest BCUT2D eigenvalue weighted by Crippen LogP contribution is -2.21. The van der Waals surface area contributed by atoms with E-state index in [1.807, 2.05) is 42.5 Å². The van der Waals surface area contributed by atoms with Crippen molar-refractivity contribution >= 4 is 17.3 Å². The first-order chi connectivity index (χ1) is 10.7. The van der Waals surface area contributed by atoms with Gasteiger partial charge in [0.1, 0.15) is 0 Å². The fraction of sp³-hybridized carbons (Fsp3) is 0.316. The average Bonchev–Trinajstić information content (AvgIpc) is 2.56. The molecule has 0 fully saturated rings. The van der Waals surface area contributed by atoms with Crippen molar-refractivity contribution in [2.45, 2.75) is 26.7 Å². The lowest BCUT2D eigenvalue weighted by atomic mass is 10.1. The SMILES string of the molecule is CCN(CC)c1ccc(NC(=O)CCc2ccccc2)cc1. The first-order valence-corrected chi connectivity index (χ1v) is 7.91. The number of nitrogens with zero attached hydrogens (tertiary/aromatic N) is 1. The maximum atomic E-state index is 12.0. The molecule has 2 aromatic carbocycles. The van der Waals surface area contributed by atoms with Crippen LogP contribution in [-0.2, 0) is 11.2 Å². The summed E-state index contributed by atoms with van der Waals surface area (Å²) >= 11 is 0. The summed E-state index contributed by atoms with van der Waals surface area (Å²) in [7, 11) is 0. The van der Waals surface area contributed by atoms with Gasteiger partial charge in [0.2, 0.25) is 5.91 Å². The van der Waals surface area contributed by atoms with Crippen LogP contribution in [0.5, 0.6) is 0 Å². The highest BCUT2D eigenvalue weighted by Gasteiger charge is 2.05. The van der Waals surface area contributed by atoms with Crippen LogP contribution < -0.4 is 10.2 Å². The third-order valence-electron chi connectivity index (χ3n) is 3.76. The van der Waals surface area contributed by atoms with Gasteiger partial charge in [-0.05, 0) is 50.1 Å². The molecule has 0 bridgehead atoms. The molecule has 0 heterocycles. The molecule has 0 aliphatic heterocycles. The first kappa shape index (κ1) is 16.1. The van der Waals surface area contributed by atoms with Crippen LogP contribution in [-0.4, -0.2) is 19.0 Å². The van der Waals surface area contributed by atoms with Crippen LogP contribution in [0.2, 0.25) is 0 Å². The Labute approximate surface area is 133 Å². The fourth-order valence-electron chi connectivity index (χ4n) is 2.47. The second-order valence-electron chi connectivity index (χ2n) is 5.25. The van der Waals surface area contributed by atoms with Crippen molar-refractivity contribution < 1.29 is 4.79 Å². The maximum Gasteiger partial charge on any atom is 0.224 e. The van der Waals surface area contributed by atoms with E-state index in [-0.39, 0.29) is 5.91 Å². The number of hydrogen-bond acceptors (Lipinski definition) is 2. The van der Waals surface area contributed by atoms with Crippen LogP contribution in [0.4, 0.5) is 11.4 Å². The molecule has 3 heteroatoms. The predicted octanol–water partition coefficient (Wildman–Crippen LogP) is 4.10. The van der Waals surface area contributed by atoms with E-state index in [1.54, 1.807) is 0 Å². The van der Waals surface area contributed by atoms with Crippen LogP contribution in [0.15, 0.2) is 54.6 Å². The molecule has 0 saturated carbocycles. The summed E-state index contributed by atoms with van der Waals surface area (Å²) in [6.07, 6.45) is 1.27. The van der Waals surface area contributed by atoms with E-state index >= 15 is 0 Å². The van der Waals surface area contributed by atoms with Gasteiger partial charge in [-0.3, -0.25) is 4.79 Å². The Morgan fingerprint density at radius 1 is 0.955 bits per heavy atom. The molecule has 0 radical (unpaired) electrons. The number of amides is 1. The lowest BCUT2D eigenvalue weighted by molar-refractivity contribution is -0.116. The molecule has 2 rings (SSSR count). The Bertz CT molecular complexity index is 574. The quantitative estimate of drug-likeness (QED) is 0.834. The third-order valence-corrected chi connectivity index (χ3v) is 3.76. The Balaban J connectivity index is 1.86. The molecule has 0 unspecified atom stereocenters. The van der Waals surface area contributed by atoms with Crippen LogP contribution in [0, 0.1) is 0 Å². The highest BCUT2D eigenvalue weighted by molar-refractivity contribution is 5.91. The summed E-state index contributed by atoms with van der Waals surface area (Å²) < 4.78 is 0. The van der Waals surface area contributed by atoms with E-state index in [9.17, 15) is 4.79 Å². The first-order valence-electron chi connectivity index (χ1n) is 7.91. The molecule has 22 heavy (non-hydrogen) atoms. The minimum atomic E-state index is 0.0550. The van der Waals surface area contributed by atoms with Gasteiger partial charge >= 0.3 is 0 Å². The number of benzene rings is 2. The summed E-state index contributed by atoms with van der Waals surface area (Å²) in [6, 6.07) is 18.1. The molecule has 0 spiro atoms. The largest absolute Gasteiger partial charge is 0.372 e. The monoisotopic (exact) mass is 296 g/mol. The van der Waals surface area contributed by atoms with E-state index in [4.69, 9.17) is 0 Å². The summed E-state index contributed by atoms with van der Waals surface area (Å²) in [5.74, 6) is 0.0550. The van der Waals surface area contributed by atoms with E-state index in [2.05, 4.69) is 36.2 Å². The Kier molecular flexibility index (Phi) is 6.01. The van der Waals surface area contributed by atoms with Crippen LogP contribution in [0.25, 0.3) is 0 Å². The van der Waals surface area contributed by atoms with Crippen molar-refractivity contribution in [2.24, 2.45) is 0 Å². The minimum absolute atomic E-state index is 0.0550. The molecule has 0 saturated heterocycles. The van der Waals surface area contributed by atoms with Crippen molar-refractivity contribution in [3.63, 3.8) is 0 Å². The molecule has 0 aliphatic carbocycles. The number of carbonyl (C=O) groups excluding carboxylic acids is 1. The van der Waals surface area contributed by atoms with E-state index in [0.29, 0.717) is 6.42 Å². The van der Waals surface area contributed by atoms with Gasteiger partial charge in [-0.15, -0.1) is 0 Å². The van der Waals surface area contributed by atoms with E-state index < -0.39 is 0 Å². The number of anilines is 2. The van der Waals surface area contributed by atoms with Crippen LogP contribution in [0.3, 0.4) is 0 Å². The van der Waals surface area contributed by atoms with Crippen molar-refractivity contribution in [3.8, 4) is 0 Å². The topological polar surface area (TPSA) is 32.3 Å². The normalized spacial score (nSPS) is 10.3. The van der Waals surface area contributed by atoms with Gasteiger partial charge in [0.15, 0.2) is 0 Å². The minimum Gasteiger partial charge on any atom is -0.372 e. The fourth-order valence-corrected chi connectivity index (χ4v) is 2.47. The molecule has 3 nitrogen and oxygen atoms in total. The van der Waals surface area contributed by atoms with E-state index in [1.165, 1.54) is 11.3 Å². The Morgan fingerprint density at radius 3 is 2.18 bits per heavy atom. The third kappa shape index (κ3) is 4.62. The van der Waals surface area contributed by atoms with Gasteiger partial charge in [-0.2, -0.15) is 0 Å². The highest BCUT2D eigenvalue weighted by atomic mass is 16.1. The molecule has 0 aliphatic rings. The zero-order valence-electron chi connectivity index (χ0n) is 13.4. The molecule has 116 valence electrons. The molecule has 2 aromatic rings. The zero-order chi connectivity index (χ0) is 15.8. The van der Waals surface area contributed by atoms with Gasteiger partial charge in [0.25, 0.3) is 0 Å². The standard InChI is InChI=1S/C19H24N2O/c1-3-21(4-2)18-13-11-17(12-14-18)20-19(22)15-10-16-8-6-5-7-9-16/h5-9,11-14H,3-4,10,15H2,1-2H3,(H,20,22). The second-order valence-corrected chi connectivity index (χ2v) is 5.25. The molecule has 1 N–H and O–H groups in total. The lowest BCUT2D eigenvalue weighted by Gasteiger charge is -2.21. The Hall–Kier alpha value is -2.29. The summed E-state index contributed by atoms with van der Waals surface area (Å²) in [5.41, 5.74) is 3.23. The highest BCUT2D eigenvalue weighted by Crippen LogP contribution is 2.18. The summed E-state index contributed by atoms with van der Waals surface area (Å²) in [5, 5.41) is 2.96. The van der Waals surface area contributed by atoms with Crippen molar-refractivity contribution in [2.75, 3.05) is 23.3 Å². The predicted molar refractivity (Wildman–Crippen MR) is 93.4 cm³/mol. The van der Waals surface area contributed by atoms with Crippen molar-refractivity contribution in [1.82, 2.24) is 0 Å². The van der Waals surface area contributed by atoms with Crippen molar-refractivity contribution in [1.29, 1.82) is 0 Å². The van der Waals surface area contributed by atoms with Gasteiger partial charge in [-0.1, -0.05) is 30.3 Å². The summed E-state index contributed by atoms with van der Waals surface area (Å²) in [6.45, 7) is 6.25. The molecule has 1 amide bonds. The van der Waals surface area contributed by atoms with Gasteiger partial charge in [-0.25, -0.2) is 0 Å². The molecule has 0 aromatic heterocycles. The van der Waals surface area contributed by atoms with Crippen LogP contribution in [0.1, 0.15) is 25.8 Å². The van der Waals surface area contributed by atoms with Crippen LogP contribution >= 0.6 is 0 Å². The van der Waals surface area contributed by atoms with E-state index in [0.717, 1.165) is 25.2 Å². The number of carbonyl (C=O) groups is 1.